The van der Waals surface area contributed by atoms with Gasteiger partial charge in [0.15, 0.2) is 0 Å². The maximum Gasteiger partial charge on any atom is 0.255 e. The molecule has 0 aliphatic heterocycles. The molecule has 0 bridgehead atoms. The zero-order valence-corrected chi connectivity index (χ0v) is 14.9. The Balaban J connectivity index is 1.90. The van der Waals surface area contributed by atoms with Crippen LogP contribution in [0.5, 0.6) is 0 Å². The fourth-order valence-electron chi connectivity index (χ4n) is 2.77. The second kappa shape index (κ2) is 8.00. The first-order valence-corrected chi connectivity index (χ1v) is 8.64. The Bertz CT molecular complexity index is 805. The molecule has 3 aromatic rings. The van der Waals surface area contributed by atoms with E-state index in [2.05, 4.69) is 0 Å². The number of benzene rings is 3. The van der Waals surface area contributed by atoms with Crippen LogP contribution in [0.4, 0.5) is 0 Å². The van der Waals surface area contributed by atoms with Crippen LogP contribution in [0.15, 0.2) is 78.9 Å². The van der Waals surface area contributed by atoms with E-state index in [1.807, 2.05) is 90.7 Å². The first-order chi connectivity index (χ1) is 12.1. The summed E-state index contributed by atoms with van der Waals surface area (Å²) in [6.07, 6.45) is 0. The number of halogens is 1. The smallest absolute Gasteiger partial charge is 0.255 e. The Morgan fingerprint density at radius 1 is 0.840 bits per heavy atom. The molecule has 0 unspecified atom stereocenters. The standard InChI is InChI=1S/C22H20ClNO/c1-17-12-13-20(21(23)14-17)22(25)24(15-18-8-4-2-5-9-18)16-19-10-6-3-7-11-19/h2-14H,15-16H2,1H3. The third-order valence-electron chi connectivity index (χ3n) is 4.07. The van der Waals surface area contributed by atoms with Crippen molar-refractivity contribution in [3.8, 4) is 0 Å². The molecule has 2 nitrogen and oxygen atoms in total. The fraction of sp³-hybridized carbons (Fsp3) is 0.136. The summed E-state index contributed by atoms with van der Waals surface area (Å²) < 4.78 is 0. The van der Waals surface area contributed by atoms with Crippen LogP contribution in [0, 0.1) is 6.92 Å². The van der Waals surface area contributed by atoms with E-state index in [1.165, 1.54) is 0 Å². The molecule has 3 rings (SSSR count). The molecule has 0 spiro atoms. The van der Waals surface area contributed by atoms with Crippen LogP contribution in [0.25, 0.3) is 0 Å². The number of hydrogen-bond acceptors (Lipinski definition) is 1. The van der Waals surface area contributed by atoms with Crippen LogP contribution >= 0.6 is 11.6 Å². The van der Waals surface area contributed by atoms with Crippen molar-refractivity contribution in [2.24, 2.45) is 0 Å². The van der Waals surface area contributed by atoms with E-state index >= 15 is 0 Å². The van der Waals surface area contributed by atoms with Gasteiger partial charge >= 0.3 is 0 Å². The van der Waals surface area contributed by atoms with Crippen molar-refractivity contribution < 1.29 is 4.79 Å². The van der Waals surface area contributed by atoms with Gasteiger partial charge in [-0.2, -0.15) is 0 Å². The van der Waals surface area contributed by atoms with Gasteiger partial charge in [0.25, 0.3) is 5.91 Å². The Morgan fingerprint density at radius 2 is 1.36 bits per heavy atom. The second-order valence-corrected chi connectivity index (χ2v) is 6.52. The van der Waals surface area contributed by atoms with Crippen LogP contribution < -0.4 is 0 Å². The molecule has 3 aromatic carbocycles. The van der Waals surface area contributed by atoms with Crippen LogP contribution in [-0.2, 0) is 13.1 Å². The van der Waals surface area contributed by atoms with Crippen molar-refractivity contribution in [3.05, 3.63) is 106 Å². The largest absolute Gasteiger partial charge is 0.330 e. The number of rotatable bonds is 5. The zero-order valence-electron chi connectivity index (χ0n) is 14.2. The lowest BCUT2D eigenvalue weighted by atomic mass is 10.1. The molecule has 0 radical (unpaired) electrons. The minimum atomic E-state index is -0.0577. The van der Waals surface area contributed by atoms with Gasteiger partial charge in [-0.1, -0.05) is 78.3 Å². The summed E-state index contributed by atoms with van der Waals surface area (Å²) in [4.78, 5) is 15.0. The molecule has 0 N–H and O–H groups in total. The van der Waals surface area contributed by atoms with Gasteiger partial charge in [-0.3, -0.25) is 4.79 Å². The first kappa shape index (κ1) is 17.2. The summed E-state index contributed by atoms with van der Waals surface area (Å²) in [6, 6.07) is 25.6. The normalized spacial score (nSPS) is 10.5. The number of hydrogen-bond donors (Lipinski definition) is 0. The van der Waals surface area contributed by atoms with E-state index in [4.69, 9.17) is 11.6 Å². The highest BCUT2D eigenvalue weighted by Crippen LogP contribution is 2.21. The van der Waals surface area contributed by atoms with Crippen molar-refractivity contribution >= 4 is 17.5 Å². The first-order valence-electron chi connectivity index (χ1n) is 8.27. The quantitative estimate of drug-likeness (QED) is 0.596. The molecule has 1 amide bonds. The molecule has 0 saturated heterocycles. The van der Waals surface area contributed by atoms with Gasteiger partial charge in [-0.05, 0) is 35.7 Å². The number of aryl methyl sites for hydroxylation is 1. The number of amides is 1. The molecule has 0 aliphatic rings. The summed E-state index contributed by atoms with van der Waals surface area (Å²) in [5.74, 6) is -0.0577. The van der Waals surface area contributed by atoms with Gasteiger partial charge in [-0.25, -0.2) is 0 Å². The van der Waals surface area contributed by atoms with Crippen LogP contribution in [-0.4, -0.2) is 10.8 Å². The van der Waals surface area contributed by atoms with Crippen LogP contribution in [0.1, 0.15) is 27.0 Å². The molecular weight excluding hydrogens is 330 g/mol. The summed E-state index contributed by atoms with van der Waals surface area (Å²) in [7, 11) is 0. The van der Waals surface area contributed by atoms with Gasteiger partial charge < -0.3 is 4.90 Å². The molecule has 3 heteroatoms. The minimum Gasteiger partial charge on any atom is -0.330 e. The van der Waals surface area contributed by atoms with E-state index in [0.29, 0.717) is 23.7 Å². The van der Waals surface area contributed by atoms with Crippen LogP contribution in [0.3, 0.4) is 0 Å². The Labute approximate surface area is 153 Å². The van der Waals surface area contributed by atoms with Crippen molar-refractivity contribution in [2.75, 3.05) is 0 Å². The average molecular weight is 350 g/mol. The average Bonchev–Trinajstić information content (AvgIpc) is 2.62. The second-order valence-electron chi connectivity index (χ2n) is 6.12. The highest BCUT2D eigenvalue weighted by molar-refractivity contribution is 6.33. The third-order valence-corrected chi connectivity index (χ3v) is 4.39. The van der Waals surface area contributed by atoms with Crippen molar-refractivity contribution in [1.29, 1.82) is 0 Å². The Morgan fingerprint density at radius 3 is 1.84 bits per heavy atom. The summed E-state index contributed by atoms with van der Waals surface area (Å²) >= 11 is 6.33. The van der Waals surface area contributed by atoms with E-state index < -0.39 is 0 Å². The maximum atomic E-state index is 13.1. The lowest BCUT2D eigenvalue weighted by molar-refractivity contribution is 0.0730. The van der Waals surface area contributed by atoms with Gasteiger partial charge in [0, 0.05) is 13.1 Å². The minimum absolute atomic E-state index is 0.0577. The molecule has 0 saturated carbocycles. The zero-order chi connectivity index (χ0) is 17.6. The van der Waals surface area contributed by atoms with Crippen molar-refractivity contribution in [2.45, 2.75) is 20.0 Å². The lowest BCUT2D eigenvalue weighted by Gasteiger charge is -2.24. The van der Waals surface area contributed by atoms with E-state index in [1.54, 1.807) is 0 Å². The summed E-state index contributed by atoms with van der Waals surface area (Å²) in [5.41, 5.74) is 3.77. The highest BCUT2D eigenvalue weighted by Gasteiger charge is 2.19. The topological polar surface area (TPSA) is 20.3 Å². The van der Waals surface area contributed by atoms with Crippen molar-refractivity contribution in [1.82, 2.24) is 4.90 Å². The fourth-order valence-corrected chi connectivity index (χ4v) is 3.09. The Hall–Kier alpha value is -2.58. The van der Waals surface area contributed by atoms with Gasteiger partial charge in [0.2, 0.25) is 0 Å². The molecule has 0 atom stereocenters. The lowest BCUT2D eigenvalue weighted by Crippen LogP contribution is -2.30. The van der Waals surface area contributed by atoms with E-state index in [-0.39, 0.29) is 5.91 Å². The Kier molecular flexibility index (Phi) is 5.52. The summed E-state index contributed by atoms with van der Waals surface area (Å²) in [5, 5.41) is 0.496. The van der Waals surface area contributed by atoms with Gasteiger partial charge in [-0.15, -0.1) is 0 Å². The molecule has 0 aromatic heterocycles. The monoisotopic (exact) mass is 349 g/mol. The van der Waals surface area contributed by atoms with E-state index in [0.717, 1.165) is 16.7 Å². The molecule has 25 heavy (non-hydrogen) atoms. The van der Waals surface area contributed by atoms with Gasteiger partial charge in [0.05, 0.1) is 10.6 Å². The van der Waals surface area contributed by atoms with Crippen LogP contribution in [0.2, 0.25) is 5.02 Å². The molecule has 126 valence electrons. The SMILES string of the molecule is Cc1ccc(C(=O)N(Cc2ccccc2)Cc2ccccc2)c(Cl)c1. The number of nitrogens with zero attached hydrogens (tertiary/aromatic N) is 1. The highest BCUT2D eigenvalue weighted by atomic mass is 35.5. The molecular formula is C22H20ClNO. The maximum absolute atomic E-state index is 13.1. The molecule has 0 aliphatic carbocycles. The van der Waals surface area contributed by atoms with Gasteiger partial charge in [0.1, 0.15) is 0 Å². The predicted molar refractivity (Wildman–Crippen MR) is 103 cm³/mol. The number of carbonyl (C=O) groups is 1. The predicted octanol–water partition coefficient (Wildman–Crippen LogP) is 5.49. The molecule has 0 heterocycles. The van der Waals surface area contributed by atoms with E-state index in [9.17, 15) is 4.79 Å². The van der Waals surface area contributed by atoms with Crippen molar-refractivity contribution in [3.63, 3.8) is 0 Å². The number of carbonyl (C=O) groups excluding carboxylic acids is 1. The third kappa shape index (κ3) is 4.49. The summed E-state index contributed by atoms with van der Waals surface area (Å²) in [6.45, 7) is 3.05. The molecule has 0 fully saturated rings.